The molecule has 0 fully saturated rings. The van der Waals surface area contributed by atoms with Gasteiger partial charge in [0, 0.05) is 43.6 Å². The Labute approximate surface area is 128 Å². The number of phenols is 1. The van der Waals surface area contributed by atoms with Crippen LogP contribution in [0, 0.1) is 0 Å². The fraction of sp³-hybridized carbons (Fsp3) is 0.529. The van der Waals surface area contributed by atoms with Crippen LogP contribution in [0.3, 0.4) is 0 Å². The van der Waals surface area contributed by atoms with E-state index in [4.69, 9.17) is 4.74 Å². The Hall–Kier alpha value is -1.52. The first kappa shape index (κ1) is 17.5. The van der Waals surface area contributed by atoms with E-state index in [0.29, 0.717) is 12.4 Å². The van der Waals surface area contributed by atoms with E-state index in [-0.39, 0.29) is 6.04 Å². The van der Waals surface area contributed by atoms with Gasteiger partial charge in [0.25, 0.3) is 0 Å². The molecule has 0 bridgehead atoms. The Kier molecular flexibility index (Phi) is 7.87. The SMILES string of the molecule is C=CCN(CCOC)c1ccc(C(C)NCCC)c(O)c1. The number of hydrogen-bond acceptors (Lipinski definition) is 4. The first-order valence-electron chi connectivity index (χ1n) is 7.55. The maximum Gasteiger partial charge on any atom is 0.122 e. The Morgan fingerprint density at radius 1 is 1.48 bits per heavy atom. The lowest BCUT2D eigenvalue weighted by Crippen LogP contribution is -2.27. The first-order valence-corrected chi connectivity index (χ1v) is 7.55. The Balaban J connectivity index is 2.85. The summed E-state index contributed by atoms with van der Waals surface area (Å²) >= 11 is 0. The van der Waals surface area contributed by atoms with Crippen molar-refractivity contribution in [3.63, 3.8) is 0 Å². The van der Waals surface area contributed by atoms with Crippen LogP contribution in [0.1, 0.15) is 31.9 Å². The third kappa shape index (κ3) is 5.40. The topological polar surface area (TPSA) is 44.7 Å². The summed E-state index contributed by atoms with van der Waals surface area (Å²) in [5.41, 5.74) is 1.91. The van der Waals surface area contributed by atoms with Gasteiger partial charge in [0.1, 0.15) is 5.75 Å². The van der Waals surface area contributed by atoms with Gasteiger partial charge in [-0.25, -0.2) is 0 Å². The quantitative estimate of drug-likeness (QED) is 0.651. The average Bonchev–Trinajstić information content (AvgIpc) is 2.48. The van der Waals surface area contributed by atoms with Crippen LogP contribution in [-0.2, 0) is 4.74 Å². The zero-order chi connectivity index (χ0) is 15.7. The van der Waals surface area contributed by atoms with Crippen molar-refractivity contribution in [1.29, 1.82) is 0 Å². The third-order valence-electron chi connectivity index (χ3n) is 3.46. The van der Waals surface area contributed by atoms with Crippen LogP contribution in [0.4, 0.5) is 5.69 Å². The number of nitrogens with one attached hydrogen (secondary N) is 1. The summed E-state index contributed by atoms with van der Waals surface area (Å²) in [5.74, 6) is 0.329. The number of methoxy groups -OCH3 is 1. The highest BCUT2D eigenvalue weighted by molar-refractivity contribution is 5.54. The van der Waals surface area contributed by atoms with Crippen molar-refractivity contribution in [3.05, 3.63) is 36.4 Å². The molecule has 0 aliphatic heterocycles. The number of anilines is 1. The first-order chi connectivity index (χ1) is 10.1. The number of phenolic OH excluding ortho intramolecular Hbond substituents is 1. The van der Waals surface area contributed by atoms with Gasteiger partial charge in [0.15, 0.2) is 0 Å². The molecular weight excluding hydrogens is 264 g/mol. The molecule has 0 aliphatic rings. The zero-order valence-electron chi connectivity index (χ0n) is 13.4. The van der Waals surface area contributed by atoms with Crippen molar-refractivity contribution in [2.75, 3.05) is 38.3 Å². The van der Waals surface area contributed by atoms with Crippen LogP contribution < -0.4 is 10.2 Å². The molecule has 1 atom stereocenters. The van der Waals surface area contributed by atoms with Gasteiger partial charge in [0.2, 0.25) is 0 Å². The minimum Gasteiger partial charge on any atom is -0.508 e. The van der Waals surface area contributed by atoms with E-state index in [1.165, 1.54) is 0 Å². The maximum atomic E-state index is 10.3. The van der Waals surface area contributed by atoms with Crippen LogP contribution in [-0.4, -0.2) is 38.5 Å². The summed E-state index contributed by atoms with van der Waals surface area (Å²) in [4.78, 5) is 2.13. The number of aromatic hydroxyl groups is 1. The Morgan fingerprint density at radius 3 is 2.81 bits per heavy atom. The molecule has 0 aromatic heterocycles. The van der Waals surface area contributed by atoms with E-state index in [1.807, 2.05) is 24.3 Å². The zero-order valence-corrected chi connectivity index (χ0v) is 13.4. The highest BCUT2D eigenvalue weighted by atomic mass is 16.5. The minimum atomic E-state index is 0.144. The van der Waals surface area contributed by atoms with Gasteiger partial charge in [-0.05, 0) is 26.0 Å². The summed E-state index contributed by atoms with van der Waals surface area (Å²) in [6.45, 7) is 11.1. The lowest BCUT2D eigenvalue weighted by molar-refractivity contribution is 0.206. The van der Waals surface area contributed by atoms with Crippen molar-refractivity contribution >= 4 is 5.69 Å². The van der Waals surface area contributed by atoms with Crippen molar-refractivity contribution < 1.29 is 9.84 Å². The summed E-state index contributed by atoms with van der Waals surface area (Å²) in [5, 5.41) is 13.7. The summed E-state index contributed by atoms with van der Waals surface area (Å²) in [7, 11) is 1.69. The molecule has 4 nitrogen and oxygen atoms in total. The van der Waals surface area contributed by atoms with Crippen molar-refractivity contribution in [2.45, 2.75) is 26.3 Å². The summed E-state index contributed by atoms with van der Waals surface area (Å²) in [6, 6.07) is 5.99. The monoisotopic (exact) mass is 292 g/mol. The summed E-state index contributed by atoms with van der Waals surface area (Å²) < 4.78 is 5.13. The second kappa shape index (κ2) is 9.42. The molecule has 0 saturated heterocycles. The molecule has 2 N–H and O–H groups in total. The molecule has 0 aliphatic carbocycles. The molecule has 0 amide bonds. The van der Waals surface area contributed by atoms with E-state index < -0.39 is 0 Å². The van der Waals surface area contributed by atoms with Gasteiger partial charge in [-0.15, -0.1) is 6.58 Å². The maximum absolute atomic E-state index is 10.3. The fourth-order valence-corrected chi connectivity index (χ4v) is 2.25. The van der Waals surface area contributed by atoms with Gasteiger partial charge in [-0.1, -0.05) is 19.1 Å². The average molecular weight is 292 g/mol. The van der Waals surface area contributed by atoms with Crippen LogP contribution in [0.5, 0.6) is 5.75 Å². The van der Waals surface area contributed by atoms with Gasteiger partial charge < -0.3 is 20.1 Å². The summed E-state index contributed by atoms with van der Waals surface area (Å²) in [6.07, 6.45) is 2.93. The molecular formula is C17H28N2O2. The highest BCUT2D eigenvalue weighted by Crippen LogP contribution is 2.29. The van der Waals surface area contributed by atoms with Gasteiger partial charge in [-0.2, -0.15) is 0 Å². The molecule has 0 heterocycles. The Morgan fingerprint density at radius 2 is 2.24 bits per heavy atom. The molecule has 21 heavy (non-hydrogen) atoms. The van der Waals surface area contributed by atoms with Gasteiger partial charge in [-0.3, -0.25) is 0 Å². The highest BCUT2D eigenvalue weighted by Gasteiger charge is 2.12. The van der Waals surface area contributed by atoms with Gasteiger partial charge in [0.05, 0.1) is 6.61 Å². The molecule has 1 aromatic carbocycles. The predicted octanol–water partition coefficient (Wildman–Crippen LogP) is 3.09. The van der Waals surface area contributed by atoms with Crippen LogP contribution in [0.15, 0.2) is 30.9 Å². The number of nitrogens with zero attached hydrogens (tertiary/aromatic N) is 1. The molecule has 0 radical (unpaired) electrons. The van der Waals surface area contributed by atoms with E-state index in [2.05, 4.69) is 30.6 Å². The molecule has 0 spiro atoms. The molecule has 118 valence electrons. The molecule has 1 rings (SSSR count). The van der Waals surface area contributed by atoms with Crippen LogP contribution in [0.2, 0.25) is 0 Å². The second-order valence-corrected chi connectivity index (χ2v) is 5.15. The number of hydrogen-bond donors (Lipinski definition) is 2. The number of benzene rings is 1. The van der Waals surface area contributed by atoms with Crippen molar-refractivity contribution in [2.24, 2.45) is 0 Å². The molecule has 4 heteroatoms. The minimum absolute atomic E-state index is 0.144. The van der Waals surface area contributed by atoms with E-state index in [9.17, 15) is 5.11 Å². The number of rotatable bonds is 10. The smallest absolute Gasteiger partial charge is 0.122 e. The van der Waals surface area contributed by atoms with E-state index >= 15 is 0 Å². The lowest BCUT2D eigenvalue weighted by atomic mass is 10.1. The number of ether oxygens (including phenoxy) is 1. The standard InChI is InChI=1S/C17H28N2O2/c1-5-9-18-14(3)16-8-7-15(13-17(16)20)19(10-6-2)11-12-21-4/h6-8,13-14,18,20H,2,5,9-12H2,1,3-4H3. The lowest BCUT2D eigenvalue weighted by Gasteiger charge is -2.24. The van der Waals surface area contributed by atoms with E-state index in [0.717, 1.165) is 37.3 Å². The molecule has 1 unspecified atom stereocenters. The molecule has 1 aromatic rings. The van der Waals surface area contributed by atoms with Crippen LogP contribution in [0.25, 0.3) is 0 Å². The van der Waals surface area contributed by atoms with Gasteiger partial charge >= 0.3 is 0 Å². The van der Waals surface area contributed by atoms with Crippen LogP contribution >= 0.6 is 0 Å². The normalized spacial score (nSPS) is 12.1. The second-order valence-electron chi connectivity index (χ2n) is 5.15. The molecule has 0 saturated carbocycles. The predicted molar refractivity (Wildman–Crippen MR) is 89.1 cm³/mol. The van der Waals surface area contributed by atoms with E-state index in [1.54, 1.807) is 7.11 Å². The Bertz CT molecular complexity index is 435. The van der Waals surface area contributed by atoms with Crippen molar-refractivity contribution in [1.82, 2.24) is 5.32 Å². The fourth-order valence-electron chi connectivity index (χ4n) is 2.25. The van der Waals surface area contributed by atoms with Crippen molar-refractivity contribution in [3.8, 4) is 5.75 Å². The largest absolute Gasteiger partial charge is 0.508 e. The third-order valence-corrected chi connectivity index (χ3v) is 3.46.